The summed E-state index contributed by atoms with van der Waals surface area (Å²) in [6.45, 7) is 8.29. The smallest absolute Gasteiger partial charge is 0.0812 e. The summed E-state index contributed by atoms with van der Waals surface area (Å²) in [5.41, 5.74) is 1.22. The van der Waals surface area contributed by atoms with E-state index in [1.807, 2.05) is 32.0 Å². The van der Waals surface area contributed by atoms with Crippen molar-refractivity contribution in [1.29, 1.82) is 0 Å². The molecule has 0 aliphatic rings. The SMILES string of the molecule is CC.CCC(C)c1cccc(SF)c1. The highest BCUT2D eigenvalue weighted by atomic mass is 32.2. The number of halogens is 1. The standard InChI is InChI=1S/C10H13FS.C2H6/c1-3-8(2)9-5-4-6-10(7-9)12-11;1-2/h4-8H,3H2,1-2H3;1-2H3. The monoisotopic (exact) mass is 214 g/mol. The number of hydrogen-bond acceptors (Lipinski definition) is 1. The number of benzene rings is 1. The van der Waals surface area contributed by atoms with Crippen molar-refractivity contribution in [2.24, 2.45) is 0 Å². The first-order valence-corrected chi connectivity index (χ1v) is 5.88. The first-order valence-electron chi connectivity index (χ1n) is 5.16. The largest absolute Gasteiger partial charge is 0.160 e. The van der Waals surface area contributed by atoms with E-state index >= 15 is 0 Å². The van der Waals surface area contributed by atoms with Gasteiger partial charge in [-0.2, -0.15) is 3.89 Å². The molecule has 0 heterocycles. The van der Waals surface area contributed by atoms with Crippen molar-refractivity contribution in [2.75, 3.05) is 0 Å². The number of rotatable bonds is 3. The van der Waals surface area contributed by atoms with Crippen LogP contribution in [0, 0.1) is 0 Å². The van der Waals surface area contributed by atoms with Crippen LogP contribution in [0.3, 0.4) is 0 Å². The molecule has 0 spiro atoms. The topological polar surface area (TPSA) is 0 Å². The molecule has 0 N–H and O–H groups in total. The van der Waals surface area contributed by atoms with Crippen molar-refractivity contribution < 1.29 is 3.89 Å². The van der Waals surface area contributed by atoms with Crippen molar-refractivity contribution in [1.82, 2.24) is 0 Å². The summed E-state index contributed by atoms with van der Waals surface area (Å²) in [5.74, 6) is 0.525. The Labute approximate surface area is 91.2 Å². The lowest BCUT2D eigenvalue weighted by Gasteiger charge is -2.08. The minimum atomic E-state index is 0.311. The van der Waals surface area contributed by atoms with Gasteiger partial charge in [0.15, 0.2) is 0 Å². The van der Waals surface area contributed by atoms with Gasteiger partial charge >= 0.3 is 0 Å². The predicted octanol–water partition coefficient (Wildman–Crippen LogP) is 5.20. The van der Waals surface area contributed by atoms with E-state index in [1.54, 1.807) is 6.07 Å². The molecule has 1 rings (SSSR count). The van der Waals surface area contributed by atoms with E-state index < -0.39 is 0 Å². The van der Waals surface area contributed by atoms with Crippen LogP contribution >= 0.6 is 12.1 Å². The summed E-state index contributed by atoms with van der Waals surface area (Å²) in [7, 11) is 0. The van der Waals surface area contributed by atoms with Crippen LogP contribution in [0.1, 0.15) is 45.6 Å². The summed E-state index contributed by atoms with van der Waals surface area (Å²) in [4.78, 5) is 0.702. The Morgan fingerprint density at radius 1 is 1.36 bits per heavy atom. The quantitative estimate of drug-likeness (QED) is 0.666. The van der Waals surface area contributed by atoms with Crippen LogP contribution in [-0.4, -0.2) is 0 Å². The third kappa shape index (κ3) is 4.14. The third-order valence-corrected chi connectivity index (χ3v) is 2.56. The van der Waals surface area contributed by atoms with Crippen molar-refractivity contribution in [3.8, 4) is 0 Å². The summed E-state index contributed by atoms with van der Waals surface area (Å²) in [6.07, 6.45) is 1.10. The van der Waals surface area contributed by atoms with Gasteiger partial charge < -0.3 is 0 Å². The summed E-state index contributed by atoms with van der Waals surface area (Å²) >= 11 is 0.311. The third-order valence-electron chi connectivity index (χ3n) is 2.13. The average Bonchev–Trinajstić information content (AvgIpc) is 2.30. The van der Waals surface area contributed by atoms with Crippen LogP contribution in [0.5, 0.6) is 0 Å². The van der Waals surface area contributed by atoms with Crippen LogP contribution in [0.25, 0.3) is 0 Å². The molecular weight excluding hydrogens is 195 g/mol. The lowest BCUT2D eigenvalue weighted by molar-refractivity contribution is 0.731. The Morgan fingerprint density at radius 2 is 2.00 bits per heavy atom. The first-order chi connectivity index (χ1) is 6.77. The molecular formula is C12H19FS. The second kappa shape index (κ2) is 7.86. The molecule has 0 radical (unpaired) electrons. The van der Waals surface area contributed by atoms with Crippen molar-refractivity contribution >= 4 is 12.1 Å². The highest BCUT2D eigenvalue weighted by Gasteiger charge is 2.03. The zero-order valence-electron chi connectivity index (χ0n) is 9.38. The first kappa shape index (κ1) is 13.5. The molecule has 0 amide bonds. The van der Waals surface area contributed by atoms with Gasteiger partial charge in [-0.05, 0) is 30.0 Å². The molecule has 0 saturated heterocycles. The second-order valence-corrected chi connectivity index (χ2v) is 3.58. The maximum atomic E-state index is 12.2. The van der Waals surface area contributed by atoms with Crippen LogP contribution in [-0.2, 0) is 0 Å². The van der Waals surface area contributed by atoms with Gasteiger partial charge in [0, 0.05) is 4.90 Å². The summed E-state index contributed by atoms with van der Waals surface area (Å²) < 4.78 is 12.2. The van der Waals surface area contributed by atoms with E-state index in [4.69, 9.17) is 0 Å². The van der Waals surface area contributed by atoms with Gasteiger partial charge in [0.05, 0.1) is 12.1 Å². The fraction of sp³-hybridized carbons (Fsp3) is 0.500. The molecule has 0 nitrogen and oxygen atoms in total. The van der Waals surface area contributed by atoms with E-state index in [0.29, 0.717) is 23.0 Å². The van der Waals surface area contributed by atoms with Gasteiger partial charge in [-0.1, -0.05) is 39.8 Å². The molecule has 0 aliphatic heterocycles. The minimum absolute atomic E-state index is 0.311. The molecule has 0 fully saturated rings. The Hall–Kier alpha value is -0.500. The van der Waals surface area contributed by atoms with Crippen LogP contribution in [0.2, 0.25) is 0 Å². The lowest BCUT2D eigenvalue weighted by atomic mass is 9.99. The van der Waals surface area contributed by atoms with Crippen LogP contribution < -0.4 is 0 Å². The van der Waals surface area contributed by atoms with Crippen molar-refractivity contribution in [2.45, 2.75) is 44.9 Å². The fourth-order valence-electron chi connectivity index (χ4n) is 1.10. The van der Waals surface area contributed by atoms with E-state index in [2.05, 4.69) is 13.8 Å². The van der Waals surface area contributed by atoms with Crippen molar-refractivity contribution in [3.05, 3.63) is 29.8 Å². The molecule has 1 unspecified atom stereocenters. The lowest BCUT2D eigenvalue weighted by Crippen LogP contribution is -1.90. The zero-order valence-corrected chi connectivity index (χ0v) is 10.2. The molecule has 1 atom stereocenters. The van der Waals surface area contributed by atoms with E-state index in [1.165, 1.54) is 5.56 Å². The molecule has 0 bridgehead atoms. The molecule has 0 aliphatic carbocycles. The van der Waals surface area contributed by atoms with Crippen LogP contribution in [0.15, 0.2) is 29.2 Å². The van der Waals surface area contributed by atoms with Gasteiger partial charge in [-0.3, -0.25) is 0 Å². The Bertz CT molecular complexity index is 248. The second-order valence-electron chi connectivity index (χ2n) is 2.96. The molecule has 2 heteroatoms. The Kier molecular flexibility index (Phi) is 7.58. The zero-order chi connectivity index (χ0) is 11.0. The van der Waals surface area contributed by atoms with E-state index in [9.17, 15) is 3.89 Å². The van der Waals surface area contributed by atoms with Gasteiger partial charge in [-0.15, -0.1) is 0 Å². The highest BCUT2D eigenvalue weighted by Crippen LogP contribution is 2.25. The van der Waals surface area contributed by atoms with Crippen LogP contribution in [0.4, 0.5) is 3.89 Å². The maximum absolute atomic E-state index is 12.2. The van der Waals surface area contributed by atoms with E-state index in [-0.39, 0.29) is 0 Å². The van der Waals surface area contributed by atoms with Gasteiger partial charge in [0.2, 0.25) is 0 Å². The summed E-state index contributed by atoms with van der Waals surface area (Å²) in [6, 6.07) is 7.66. The molecule has 0 aromatic heterocycles. The molecule has 1 aromatic rings. The fourth-order valence-corrected chi connectivity index (χ4v) is 1.42. The summed E-state index contributed by atoms with van der Waals surface area (Å²) in [5, 5.41) is 0. The van der Waals surface area contributed by atoms with Gasteiger partial charge in [0.25, 0.3) is 0 Å². The molecule has 1 aromatic carbocycles. The average molecular weight is 214 g/mol. The normalized spacial score (nSPS) is 11.5. The predicted molar refractivity (Wildman–Crippen MR) is 63.5 cm³/mol. The maximum Gasteiger partial charge on any atom is 0.0812 e. The van der Waals surface area contributed by atoms with E-state index in [0.717, 1.165) is 6.42 Å². The van der Waals surface area contributed by atoms with Crippen molar-refractivity contribution in [3.63, 3.8) is 0 Å². The Balaban J connectivity index is 0.000000791. The van der Waals surface area contributed by atoms with Gasteiger partial charge in [-0.25, -0.2) is 0 Å². The molecule has 14 heavy (non-hydrogen) atoms. The minimum Gasteiger partial charge on any atom is -0.160 e. The Morgan fingerprint density at radius 3 is 2.50 bits per heavy atom. The molecule has 0 saturated carbocycles. The number of hydrogen-bond donors (Lipinski definition) is 0. The highest BCUT2D eigenvalue weighted by molar-refractivity contribution is 7.94. The van der Waals surface area contributed by atoms with Gasteiger partial charge in [0.1, 0.15) is 0 Å². The molecule has 80 valence electrons.